The van der Waals surface area contributed by atoms with Gasteiger partial charge in [0.05, 0.1) is 0 Å². The highest BCUT2D eigenvalue weighted by Crippen LogP contribution is 1.72. The fraction of sp³-hybridized carbons (Fsp3) is 0.625. The number of nitrogens with two attached hydrogens (primary N) is 1. The minimum absolute atomic E-state index is 0.126. The molecule has 0 saturated carbocycles. The minimum Gasteiger partial charge on any atom is -0.338 e. The largest absolute Gasteiger partial charge is 0.338 e. The molecule has 0 aromatic rings. The van der Waals surface area contributed by atoms with Gasteiger partial charge in [0.15, 0.2) is 0 Å². The summed E-state index contributed by atoms with van der Waals surface area (Å²) in [4.78, 5) is 10.9. The van der Waals surface area contributed by atoms with Crippen LogP contribution in [0.5, 0.6) is 0 Å². The summed E-state index contributed by atoms with van der Waals surface area (Å²) in [5.74, 6) is 0. The van der Waals surface area contributed by atoms with E-state index in [2.05, 4.69) is 10.6 Å². The molecule has 70 valence electrons. The summed E-state index contributed by atoms with van der Waals surface area (Å²) >= 11 is 0. The molecule has 0 aliphatic rings. The molecule has 0 rings (SSSR count). The van der Waals surface area contributed by atoms with Gasteiger partial charge in [-0.3, -0.25) is 0 Å². The Kier molecular flexibility index (Phi) is 7.38. The number of urea groups is 1. The highest BCUT2D eigenvalue weighted by Gasteiger charge is 1.93. The maximum atomic E-state index is 10.9. The lowest BCUT2D eigenvalue weighted by Gasteiger charge is -2.02. The van der Waals surface area contributed by atoms with Crippen LogP contribution in [0.15, 0.2) is 12.2 Å². The van der Waals surface area contributed by atoms with Gasteiger partial charge in [0.2, 0.25) is 0 Å². The van der Waals surface area contributed by atoms with Gasteiger partial charge in [-0.05, 0) is 6.42 Å². The highest BCUT2D eigenvalue weighted by molar-refractivity contribution is 5.73. The number of amides is 2. The van der Waals surface area contributed by atoms with Gasteiger partial charge in [0.1, 0.15) is 0 Å². The predicted octanol–water partition coefficient (Wildman–Crippen LogP) is 0.210. The summed E-state index contributed by atoms with van der Waals surface area (Å²) in [6.45, 7) is 3.77. The van der Waals surface area contributed by atoms with Gasteiger partial charge in [0.25, 0.3) is 0 Å². The van der Waals surface area contributed by atoms with Crippen LogP contribution >= 0.6 is 0 Å². The number of rotatable bonds is 5. The molecule has 0 atom stereocenters. The van der Waals surface area contributed by atoms with Crippen molar-refractivity contribution in [1.82, 2.24) is 10.6 Å². The van der Waals surface area contributed by atoms with Crippen molar-refractivity contribution in [3.8, 4) is 0 Å². The lowest BCUT2D eigenvalue weighted by atomic mass is 10.5. The summed E-state index contributed by atoms with van der Waals surface area (Å²) in [6.07, 6.45) is 4.58. The van der Waals surface area contributed by atoms with E-state index in [0.29, 0.717) is 19.6 Å². The third-order valence-electron chi connectivity index (χ3n) is 1.22. The predicted molar refractivity (Wildman–Crippen MR) is 49.9 cm³/mol. The molecule has 0 aromatic carbocycles. The number of carbonyl (C=O) groups is 1. The van der Waals surface area contributed by atoms with Crippen LogP contribution in [-0.2, 0) is 0 Å². The second-order valence-electron chi connectivity index (χ2n) is 2.34. The zero-order valence-electron chi connectivity index (χ0n) is 7.47. The van der Waals surface area contributed by atoms with E-state index in [4.69, 9.17) is 5.73 Å². The smallest absolute Gasteiger partial charge is 0.315 e. The van der Waals surface area contributed by atoms with Gasteiger partial charge in [-0.2, -0.15) is 0 Å². The number of hydrogen-bond donors (Lipinski definition) is 3. The van der Waals surface area contributed by atoms with Crippen LogP contribution in [0.2, 0.25) is 0 Å². The van der Waals surface area contributed by atoms with Crippen LogP contribution in [0.1, 0.15) is 13.3 Å². The molecule has 0 saturated heterocycles. The second kappa shape index (κ2) is 8.07. The van der Waals surface area contributed by atoms with Crippen molar-refractivity contribution in [2.24, 2.45) is 5.73 Å². The molecule has 0 unspecified atom stereocenters. The van der Waals surface area contributed by atoms with E-state index in [1.54, 1.807) is 6.08 Å². The third kappa shape index (κ3) is 7.08. The first-order valence-corrected chi connectivity index (χ1v) is 4.18. The van der Waals surface area contributed by atoms with E-state index in [1.165, 1.54) is 0 Å². The van der Waals surface area contributed by atoms with Crippen LogP contribution in [0, 0.1) is 0 Å². The molecule has 2 amide bonds. The monoisotopic (exact) mass is 171 g/mol. The van der Waals surface area contributed by atoms with E-state index >= 15 is 0 Å². The first kappa shape index (κ1) is 11.0. The van der Waals surface area contributed by atoms with Gasteiger partial charge in [-0.1, -0.05) is 19.1 Å². The molecule has 0 aliphatic carbocycles. The quantitative estimate of drug-likeness (QED) is 0.518. The molecule has 0 heterocycles. The molecule has 4 N–H and O–H groups in total. The summed E-state index contributed by atoms with van der Waals surface area (Å²) in [7, 11) is 0. The van der Waals surface area contributed by atoms with Crippen LogP contribution < -0.4 is 16.4 Å². The Bertz CT molecular complexity index is 145. The maximum absolute atomic E-state index is 10.9. The van der Waals surface area contributed by atoms with Gasteiger partial charge in [0, 0.05) is 19.6 Å². The van der Waals surface area contributed by atoms with Crippen molar-refractivity contribution in [1.29, 1.82) is 0 Å². The van der Waals surface area contributed by atoms with E-state index in [1.807, 2.05) is 13.0 Å². The number of carbonyl (C=O) groups excluding carboxylic acids is 1. The topological polar surface area (TPSA) is 67.2 Å². The molecule has 0 bridgehead atoms. The fourth-order valence-corrected chi connectivity index (χ4v) is 0.632. The standard InChI is InChI=1S/C8H17N3O/c1-2-6-10-8(12)11-7-4-3-5-9/h3-4H,2,5-7,9H2,1H3,(H2,10,11,12)/b4-3+. The third-order valence-corrected chi connectivity index (χ3v) is 1.22. The van der Waals surface area contributed by atoms with Crippen molar-refractivity contribution in [2.75, 3.05) is 19.6 Å². The summed E-state index contributed by atoms with van der Waals surface area (Å²) < 4.78 is 0. The van der Waals surface area contributed by atoms with E-state index in [-0.39, 0.29) is 6.03 Å². The van der Waals surface area contributed by atoms with E-state index < -0.39 is 0 Å². The fourth-order valence-electron chi connectivity index (χ4n) is 0.632. The molecule has 0 aliphatic heterocycles. The Morgan fingerprint density at radius 2 is 2.17 bits per heavy atom. The molecular formula is C8H17N3O. The lowest BCUT2D eigenvalue weighted by Crippen LogP contribution is -2.35. The number of hydrogen-bond acceptors (Lipinski definition) is 2. The SMILES string of the molecule is CCCNC(=O)NC/C=C/CN. The van der Waals surface area contributed by atoms with E-state index in [0.717, 1.165) is 6.42 Å². The first-order valence-electron chi connectivity index (χ1n) is 4.18. The Labute approximate surface area is 73.2 Å². The lowest BCUT2D eigenvalue weighted by molar-refractivity contribution is 0.242. The Morgan fingerprint density at radius 3 is 2.75 bits per heavy atom. The van der Waals surface area contributed by atoms with Crippen molar-refractivity contribution in [2.45, 2.75) is 13.3 Å². The second-order valence-corrected chi connectivity index (χ2v) is 2.34. The number of nitrogens with one attached hydrogen (secondary N) is 2. The highest BCUT2D eigenvalue weighted by atomic mass is 16.2. The van der Waals surface area contributed by atoms with Crippen molar-refractivity contribution in [3.63, 3.8) is 0 Å². The van der Waals surface area contributed by atoms with Crippen LogP contribution in [-0.4, -0.2) is 25.7 Å². The molecule has 0 fully saturated rings. The molecule has 4 heteroatoms. The average molecular weight is 171 g/mol. The Hall–Kier alpha value is -1.03. The molecule has 12 heavy (non-hydrogen) atoms. The maximum Gasteiger partial charge on any atom is 0.315 e. The van der Waals surface area contributed by atoms with Crippen LogP contribution in [0.25, 0.3) is 0 Å². The van der Waals surface area contributed by atoms with Gasteiger partial charge in [-0.15, -0.1) is 0 Å². The van der Waals surface area contributed by atoms with E-state index in [9.17, 15) is 4.79 Å². The van der Waals surface area contributed by atoms with Crippen molar-refractivity contribution in [3.05, 3.63) is 12.2 Å². The molecule has 0 spiro atoms. The summed E-state index contributed by atoms with van der Waals surface area (Å²) in [6, 6.07) is -0.126. The zero-order chi connectivity index (χ0) is 9.23. The minimum atomic E-state index is -0.126. The normalized spacial score (nSPS) is 10.2. The Morgan fingerprint density at radius 1 is 1.42 bits per heavy atom. The van der Waals surface area contributed by atoms with Gasteiger partial charge >= 0.3 is 6.03 Å². The van der Waals surface area contributed by atoms with Crippen molar-refractivity contribution < 1.29 is 4.79 Å². The van der Waals surface area contributed by atoms with Gasteiger partial charge < -0.3 is 16.4 Å². The van der Waals surface area contributed by atoms with Crippen molar-refractivity contribution >= 4 is 6.03 Å². The first-order chi connectivity index (χ1) is 5.81. The summed E-state index contributed by atoms with van der Waals surface area (Å²) in [5.41, 5.74) is 5.21. The Balaban J connectivity index is 3.25. The molecule has 4 nitrogen and oxygen atoms in total. The van der Waals surface area contributed by atoms with Crippen LogP contribution in [0.4, 0.5) is 4.79 Å². The van der Waals surface area contributed by atoms with Gasteiger partial charge in [-0.25, -0.2) is 4.79 Å². The molecule has 0 radical (unpaired) electrons. The van der Waals surface area contributed by atoms with Crippen LogP contribution in [0.3, 0.4) is 0 Å². The average Bonchev–Trinajstić information content (AvgIpc) is 2.09. The molecular weight excluding hydrogens is 154 g/mol. The zero-order valence-corrected chi connectivity index (χ0v) is 7.47. The summed E-state index contributed by atoms with van der Waals surface area (Å²) in [5, 5.41) is 5.35. The molecule has 0 aromatic heterocycles.